The molecule has 190 valence electrons. The summed E-state index contributed by atoms with van der Waals surface area (Å²) in [4.78, 5) is 13.5. The van der Waals surface area contributed by atoms with Crippen LogP contribution in [0.15, 0.2) is 84.0 Å². The predicted molar refractivity (Wildman–Crippen MR) is 141 cm³/mol. The zero-order valence-corrected chi connectivity index (χ0v) is 21.2. The fraction of sp³-hybridized carbons (Fsp3) is 0.250. The van der Waals surface area contributed by atoms with E-state index in [0.717, 1.165) is 36.3 Å². The van der Waals surface area contributed by atoms with Crippen LogP contribution in [0.4, 0.5) is 10.1 Å². The summed E-state index contributed by atoms with van der Waals surface area (Å²) < 4.78 is 26.6. The molecule has 1 aliphatic rings. The van der Waals surface area contributed by atoms with Crippen molar-refractivity contribution >= 4 is 23.4 Å². The summed E-state index contributed by atoms with van der Waals surface area (Å²) >= 11 is 1.33. The number of methoxy groups -OCH3 is 1. The normalized spacial score (nSPS) is 15.9. The monoisotopic (exact) mass is 518 g/mol. The van der Waals surface area contributed by atoms with Crippen molar-refractivity contribution in [1.82, 2.24) is 14.8 Å². The van der Waals surface area contributed by atoms with E-state index < -0.39 is 5.25 Å². The fourth-order valence-corrected chi connectivity index (χ4v) is 5.28. The Bertz CT molecular complexity index is 1320. The lowest BCUT2D eigenvalue weighted by Gasteiger charge is -2.19. The van der Waals surface area contributed by atoms with Crippen molar-refractivity contribution in [3.05, 3.63) is 90.2 Å². The molecule has 0 aliphatic carbocycles. The number of ether oxygens (including phenoxy) is 2. The van der Waals surface area contributed by atoms with Crippen LogP contribution in [0.5, 0.6) is 5.75 Å². The summed E-state index contributed by atoms with van der Waals surface area (Å²) in [5.41, 5.74) is 2.24. The average Bonchev–Trinajstić information content (AvgIpc) is 3.59. The van der Waals surface area contributed by atoms with Crippen LogP contribution in [0.1, 0.15) is 23.7 Å². The summed E-state index contributed by atoms with van der Waals surface area (Å²) in [5.74, 6) is 0.859. The van der Waals surface area contributed by atoms with Gasteiger partial charge in [0, 0.05) is 17.9 Å². The second kappa shape index (κ2) is 11.6. The minimum atomic E-state index is -0.609. The molecule has 1 N–H and O–H groups in total. The molecule has 4 aromatic rings. The van der Waals surface area contributed by atoms with Gasteiger partial charge in [-0.25, -0.2) is 4.39 Å². The number of thioether (sulfide) groups is 1. The number of carbonyl (C=O) groups is 1. The van der Waals surface area contributed by atoms with Gasteiger partial charge in [0.15, 0.2) is 11.0 Å². The lowest BCUT2D eigenvalue weighted by molar-refractivity contribution is -0.115. The van der Waals surface area contributed by atoms with Gasteiger partial charge in [-0.3, -0.25) is 9.36 Å². The van der Waals surface area contributed by atoms with Crippen LogP contribution in [0.2, 0.25) is 0 Å². The molecule has 1 aromatic heterocycles. The molecule has 9 heteroatoms. The lowest BCUT2D eigenvalue weighted by Crippen LogP contribution is -2.21. The molecule has 2 atom stereocenters. The second-order valence-corrected chi connectivity index (χ2v) is 9.76. The van der Waals surface area contributed by atoms with Gasteiger partial charge < -0.3 is 14.8 Å². The molecule has 0 unspecified atom stereocenters. The minimum Gasteiger partial charge on any atom is -0.497 e. The van der Waals surface area contributed by atoms with Crippen LogP contribution < -0.4 is 10.1 Å². The molecule has 0 spiro atoms. The maximum absolute atomic E-state index is 13.5. The first kappa shape index (κ1) is 25.0. The van der Waals surface area contributed by atoms with Gasteiger partial charge in [0.2, 0.25) is 5.91 Å². The second-order valence-electron chi connectivity index (χ2n) is 8.69. The molecule has 7 nitrogen and oxygen atoms in total. The quantitative estimate of drug-likeness (QED) is 0.285. The van der Waals surface area contributed by atoms with Gasteiger partial charge in [0.05, 0.1) is 19.8 Å². The van der Waals surface area contributed by atoms with Crippen LogP contribution in [0.3, 0.4) is 0 Å². The first-order chi connectivity index (χ1) is 18.1. The van der Waals surface area contributed by atoms with Gasteiger partial charge in [-0.1, -0.05) is 42.1 Å². The highest BCUT2D eigenvalue weighted by atomic mass is 32.2. The third kappa shape index (κ3) is 6.00. The molecule has 3 aromatic carbocycles. The van der Waals surface area contributed by atoms with Crippen LogP contribution in [-0.4, -0.2) is 40.5 Å². The zero-order valence-electron chi connectivity index (χ0n) is 20.3. The number of aromatic nitrogens is 3. The maximum atomic E-state index is 13.5. The van der Waals surface area contributed by atoms with E-state index in [1.807, 2.05) is 59.2 Å². The van der Waals surface area contributed by atoms with Crippen LogP contribution >= 0.6 is 11.8 Å². The summed E-state index contributed by atoms with van der Waals surface area (Å²) in [6.45, 7) is 1.32. The van der Waals surface area contributed by atoms with Crippen molar-refractivity contribution in [3.63, 3.8) is 0 Å². The molecular weight excluding hydrogens is 491 g/mol. The van der Waals surface area contributed by atoms with E-state index in [4.69, 9.17) is 9.47 Å². The Labute approximate surface area is 219 Å². The molecule has 1 amide bonds. The summed E-state index contributed by atoms with van der Waals surface area (Å²) in [6, 6.07) is 22.9. The average molecular weight is 519 g/mol. The molecular formula is C28H27FN4O3S. The summed E-state index contributed by atoms with van der Waals surface area (Å²) in [6.07, 6.45) is 2.02. The maximum Gasteiger partial charge on any atom is 0.242 e. The number of nitrogens with zero attached hydrogens (tertiary/aromatic N) is 3. The van der Waals surface area contributed by atoms with Crippen LogP contribution in [-0.2, 0) is 16.1 Å². The number of benzene rings is 3. The number of amides is 1. The van der Waals surface area contributed by atoms with Gasteiger partial charge >= 0.3 is 0 Å². The zero-order chi connectivity index (χ0) is 25.6. The third-order valence-electron chi connectivity index (χ3n) is 6.15. The van der Waals surface area contributed by atoms with E-state index in [0.29, 0.717) is 23.2 Å². The number of nitrogens with one attached hydrogen (secondary N) is 1. The van der Waals surface area contributed by atoms with Gasteiger partial charge in [-0.05, 0) is 66.9 Å². The molecule has 0 radical (unpaired) electrons. The SMILES string of the molecule is COc1ccc(-c2nnc(S[C@@H](C(=O)Nc3ccc(F)cc3)c3ccccc3)n2C[C@@H]2CCCO2)cc1. The Balaban J connectivity index is 1.48. The van der Waals surface area contributed by atoms with Crippen LogP contribution in [0, 0.1) is 5.82 Å². The standard InChI is InChI=1S/C28H27FN4O3S/c1-35-23-15-9-20(10-16-23)26-31-32-28(33(26)18-24-8-5-17-36-24)37-25(19-6-3-2-4-7-19)27(34)30-22-13-11-21(29)12-14-22/h2-4,6-7,9-16,24-25H,5,8,17-18H2,1H3,(H,30,34)/t24-,25+/m0/s1. The number of hydrogen-bond acceptors (Lipinski definition) is 6. The number of rotatable bonds is 9. The van der Waals surface area contributed by atoms with E-state index in [2.05, 4.69) is 15.5 Å². The van der Waals surface area contributed by atoms with Gasteiger partial charge in [-0.2, -0.15) is 0 Å². The van der Waals surface area contributed by atoms with Crippen molar-refractivity contribution in [2.75, 3.05) is 19.0 Å². The van der Waals surface area contributed by atoms with E-state index in [1.54, 1.807) is 19.2 Å². The summed E-state index contributed by atoms with van der Waals surface area (Å²) in [5, 5.41) is 11.9. The highest BCUT2D eigenvalue weighted by molar-refractivity contribution is 8.00. The number of hydrogen-bond donors (Lipinski definition) is 1. The van der Waals surface area contributed by atoms with E-state index in [1.165, 1.54) is 23.9 Å². The lowest BCUT2D eigenvalue weighted by atomic mass is 10.1. The van der Waals surface area contributed by atoms with Gasteiger partial charge in [0.1, 0.15) is 16.8 Å². The Morgan fingerprint density at radius 3 is 2.54 bits per heavy atom. The van der Waals surface area contributed by atoms with Crippen molar-refractivity contribution in [3.8, 4) is 17.1 Å². The van der Waals surface area contributed by atoms with Crippen LogP contribution in [0.25, 0.3) is 11.4 Å². The molecule has 2 heterocycles. The molecule has 0 saturated carbocycles. The third-order valence-corrected chi connectivity index (χ3v) is 7.39. The fourth-order valence-electron chi connectivity index (χ4n) is 4.23. The Morgan fingerprint density at radius 1 is 1.11 bits per heavy atom. The number of anilines is 1. The van der Waals surface area contributed by atoms with E-state index >= 15 is 0 Å². The van der Waals surface area contributed by atoms with Crippen molar-refractivity contribution < 1.29 is 18.7 Å². The minimum absolute atomic E-state index is 0.0514. The molecule has 37 heavy (non-hydrogen) atoms. The molecule has 1 aliphatic heterocycles. The van der Waals surface area contributed by atoms with Crippen molar-refractivity contribution in [2.24, 2.45) is 0 Å². The highest BCUT2D eigenvalue weighted by Gasteiger charge is 2.28. The molecule has 0 bridgehead atoms. The number of carbonyl (C=O) groups excluding carboxylic acids is 1. The smallest absolute Gasteiger partial charge is 0.242 e. The van der Waals surface area contributed by atoms with Gasteiger partial charge in [0.25, 0.3) is 0 Å². The molecule has 1 saturated heterocycles. The Kier molecular flexibility index (Phi) is 7.82. The summed E-state index contributed by atoms with van der Waals surface area (Å²) in [7, 11) is 1.63. The predicted octanol–water partition coefficient (Wildman–Crippen LogP) is 5.74. The Morgan fingerprint density at radius 2 is 1.86 bits per heavy atom. The van der Waals surface area contributed by atoms with Crippen molar-refractivity contribution in [2.45, 2.75) is 35.9 Å². The van der Waals surface area contributed by atoms with E-state index in [9.17, 15) is 9.18 Å². The molecule has 1 fully saturated rings. The number of halogens is 1. The largest absolute Gasteiger partial charge is 0.497 e. The Hall–Kier alpha value is -3.69. The first-order valence-corrected chi connectivity index (χ1v) is 13.0. The highest BCUT2D eigenvalue weighted by Crippen LogP contribution is 2.37. The van der Waals surface area contributed by atoms with Gasteiger partial charge in [-0.15, -0.1) is 10.2 Å². The van der Waals surface area contributed by atoms with Crippen molar-refractivity contribution in [1.29, 1.82) is 0 Å². The molecule has 5 rings (SSSR count). The topological polar surface area (TPSA) is 78.3 Å². The first-order valence-electron chi connectivity index (χ1n) is 12.1. The van der Waals surface area contributed by atoms with E-state index in [-0.39, 0.29) is 17.8 Å².